The fourth-order valence-corrected chi connectivity index (χ4v) is 0.560. The largest absolute Gasteiger partial charge is 0.479 e. The van der Waals surface area contributed by atoms with Crippen LogP contribution in [0, 0.1) is 0 Å². The lowest BCUT2D eigenvalue weighted by molar-refractivity contribution is -0.149. The summed E-state index contributed by atoms with van der Waals surface area (Å²) in [4.78, 5) is 10.0. The number of carbonyl (C=O) groups is 1. The van der Waals surface area contributed by atoms with Crippen molar-refractivity contribution in [3.8, 4) is 0 Å². The molecule has 0 bridgehead atoms. The zero-order valence-corrected chi connectivity index (χ0v) is 6.03. The van der Waals surface area contributed by atoms with E-state index in [1.54, 1.807) is 0 Å². The molecule has 0 amide bonds. The van der Waals surface area contributed by atoms with E-state index in [9.17, 15) is 4.79 Å². The maximum atomic E-state index is 10.0. The summed E-state index contributed by atoms with van der Waals surface area (Å²) in [6.07, 6.45) is -1.62. The van der Waals surface area contributed by atoms with Crippen LogP contribution in [-0.4, -0.2) is 33.0 Å². The van der Waals surface area contributed by atoms with Crippen LogP contribution in [0.5, 0.6) is 0 Å². The molecule has 0 aliphatic rings. The molecule has 3 N–H and O–H groups in total. The Labute approximate surface area is 59.1 Å². The summed E-state index contributed by atoms with van der Waals surface area (Å²) in [5.74, 6) is -1.30. The first-order valence-corrected chi connectivity index (χ1v) is 2.96. The maximum Gasteiger partial charge on any atom is 0.332 e. The van der Waals surface area contributed by atoms with Crippen LogP contribution in [0.4, 0.5) is 0 Å². The van der Waals surface area contributed by atoms with Crippen LogP contribution in [-0.2, 0) is 4.79 Å². The molecule has 0 aromatic heterocycles. The van der Waals surface area contributed by atoms with Crippen LogP contribution in [0.25, 0.3) is 0 Å². The highest BCUT2D eigenvalue weighted by atomic mass is 16.4. The molecule has 0 aliphatic carbocycles. The lowest BCUT2D eigenvalue weighted by Crippen LogP contribution is -2.31. The fourth-order valence-electron chi connectivity index (χ4n) is 0.560. The SMILES string of the molecule is CC(C)(O)C[C@@H](O)C(=O)O. The molecule has 0 aromatic rings. The molecule has 0 fully saturated rings. The molecule has 10 heavy (non-hydrogen) atoms. The van der Waals surface area contributed by atoms with Gasteiger partial charge in [0.1, 0.15) is 0 Å². The summed E-state index contributed by atoms with van der Waals surface area (Å²) in [5.41, 5.74) is -1.13. The minimum Gasteiger partial charge on any atom is -0.479 e. The lowest BCUT2D eigenvalue weighted by atomic mass is 10.0. The predicted molar refractivity (Wildman–Crippen MR) is 34.6 cm³/mol. The van der Waals surface area contributed by atoms with Gasteiger partial charge in [-0.3, -0.25) is 0 Å². The molecule has 60 valence electrons. The molecular weight excluding hydrogens is 136 g/mol. The van der Waals surface area contributed by atoms with Crippen molar-refractivity contribution in [3.63, 3.8) is 0 Å². The number of aliphatic carboxylic acids is 1. The van der Waals surface area contributed by atoms with Gasteiger partial charge in [-0.2, -0.15) is 0 Å². The summed E-state index contributed by atoms with van der Waals surface area (Å²) in [6.45, 7) is 2.89. The van der Waals surface area contributed by atoms with Crippen LogP contribution in [0.2, 0.25) is 0 Å². The first-order valence-electron chi connectivity index (χ1n) is 2.96. The molecule has 0 heterocycles. The summed E-state index contributed by atoms with van der Waals surface area (Å²) in [6, 6.07) is 0. The number of rotatable bonds is 3. The molecule has 0 spiro atoms. The zero-order valence-electron chi connectivity index (χ0n) is 6.03. The van der Waals surface area contributed by atoms with Crippen molar-refractivity contribution in [2.24, 2.45) is 0 Å². The first kappa shape index (κ1) is 9.39. The Morgan fingerprint density at radius 3 is 2.10 bits per heavy atom. The van der Waals surface area contributed by atoms with Gasteiger partial charge in [0.2, 0.25) is 0 Å². The molecule has 4 heteroatoms. The molecule has 0 unspecified atom stereocenters. The van der Waals surface area contributed by atoms with Gasteiger partial charge in [0.05, 0.1) is 5.60 Å². The number of carboxylic acids is 1. The van der Waals surface area contributed by atoms with E-state index in [1.165, 1.54) is 13.8 Å². The fraction of sp³-hybridized carbons (Fsp3) is 0.833. The van der Waals surface area contributed by atoms with Crippen LogP contribution < -0.4 is 0 Å². The Morgan fingerprint density at radius 2 is 2.00 bits per heavy atom. The van der Waals surface area contributed by atoms with E-state index in [0.29, 0.717) is 0 Å². The van der Waals surface area contributed by atoms with Crippen LogP contribution >= 0.6 is 0 Å². The second-order valence-electron chi connectivity index (χ2n) is 2.87. The monoisotopic (exact) mass is 148 g/mol. The predicted octanol–water partition coefficient (Wildman–Crippen LogP) is -0.407. The molecule has 4 nitrogen and oxygen atoms in total. The third kappa shape index (κ3) is 4.29. The molecule has 0 rings (SSSR count). The average Bonchev–Trinajstić information content (AvgIpc) is 1.60. The minimum atomic E-state index is -1.47. The molecule has 0 saturated heterocycles. The van der Waals surface area contributed by atoms with E-state index in [1.807, 2.05) is 0 Å². The number of aliphatic hydroxyl groups is 2. The van der Waals surface area contributed by atoms with Crippen molar-refractivity contribution < 1.29 is 20.1 Å². The van der Waals surface area contributed by atoms with Crippen LogP contribution in [0.3, 0.4) is 0 Å². The number of aliphatic hydroxyl groups excluding tert-OH is 1. The number of hydrogen-bond acceptors (Lipinski definition) is 3. The Balaban J connectivity index is 3.80. The molecule has 1 atom stereocenters. The van der Waals surface area contributed by atoms with E-state index >= 15 is 0 Å². The normalized spacial score (nSPS) is 14.8. The standard InChI is InChI=1S/C6H12O4/c1-6(2,10)3-4(7)5(8)9/h4,7,10H,3H2,1-2H3,(H,8,9)/t4-/m1/s1. The highest BCUT2D eigenvalue weighted by Crippen LogP contribution is 2.10. The van der Waals surface area contributed by atoms with Gasteiger partial charge in [-0.1, -0.05) is 0 Å². The third-order valence-electron chi connectivity index (χ3n) is 0.978. The van der Waals surface area contributed by atoms with E-state index < -0.39 is 17.7 Å². The zero-order chi connectivity index (χ0) is 8.36. The van der Waals surface area contributed by atoms with Gasteiger partial charge in [0.15, 0.2) is 6.10 Å². The Bertz CT molecular complexity index is 124. The molecular formula is C6H12O4. The van der Waals surface area contributed by atoms with Crippen LogP contribution in [0.15, 0.2) is 0 Å². The van der Waals surface area contributed by atoms with Gasteiger partial charge in [-0.15, -0.1) is 0 Å². The van der Waals surface area contributed by atoms with Gasteiger partial charge in [0.25, 0.3) is 0 Å². The summed E-state index contributed by atoms with van der Waals surface area (Å²) in [5, 5.41) is 25.9. The number of carboxylic acid groups (broad SMARTS) is 1. The van der Waals surface area contributed by atoms with Crippen molar-refractivity contribution in [2.75, 3.05) is 0 Å². The maximum absolute atomic E-state index is 10.0. The topological polar surface area (TPSA) is 77.8 Å². The van der Waals surface area contributed by atoms with Crippen molar-refractivity contribution in [2.45, 2.75) is 32.0 Å². The number of hydrogen-bond donors (Lipinski definition) is 3. The lowest BCUT2D eigenvalue weighted by Gasteiger charge is -2.18. The highest BCUT2D eigenvalue weighted by Gasteiger charge is 2.23. The van der Waals surface area contributed by atoms with Crippen molar-refractivity contribution >= 4 is 5.97 Å². The van der Waals surface area contributed by atoms with Crippen molar-refractivity contribution in [1.29, 1.82) is 0 Å². The van der Waals surface area contributed by atoms with Crippen LogP contribution in [0.1, 0.15) is 20.3 Å². The minimum absolute atomic E-state index is 0.150. The summed E-state index contributed by atoms with van der Waals surface area (Å²) >= 11 is 0. The van der Waals surface area contributed by atoms with E-state index in [2.05, 4.69) is 0 Å². The molecule has 0 aliphatic heterocycles. The van der Waals surface area contributed by atoms with Gasteiger partial charge in [0, 0.05) is 6.42 Å². The smallest absolute Gasteiger partial charge is 0.332 e. The van der Waals surface area contributed by atoms with Gasteiger partial charge in [-0.25, -0.2) is 4.79 Å². The second-order valence-corrected chi connectivity index (χ2v) is 2.87. The molecule has 0 saturated carbocycles. The van der Waals surface area contributed by atoms with Crippen molar-refractivity contribution in [1.82, 2.24) is 0 Å². The molecule has 0 aromatic carbocycles. The van der Waals surface area contributed by atoms with Crippen molar-refractivity contribution in [3.05, 3.63) is 0 Å². The summed E-state index contributed by atoms with van der Waals surface area (Å²) < 4.78 is 0. The van der Waals surface area contributed by atoms with Gasteiger partial charge >= 0.3 is 5.97 Å². The van der Waals surface area contributed by atoms with Gasteiger partial charge < -0.3 is 15.3 Å². The van der Waals surface area contributed by atoms with Gasteiger partial charge in [-0.05, 0) is 13.8 Å². The van der Waals surface area contributed by atoms with E-state index in [0.717, 1.165) is 0 Å². The Kier molecular flexibility index (Phi) is 2.80. The summed E-state index contributed by atoms with van der Waals surface area (Å²) in [7, 11) is 0. The third-order valence-corrected chi connectivity index (χ3v) is 0.978. The van der Waals surface area contributed by atoms with E-state index in [-0.39, 0.29) is 6.42 Å². The van der Waals surface area contributed by atoms with E-state index in [4.69, 9.17) is 15.3 Å². The second kappa shape index (κ2) is 2.98. The Hall–Kier alpha value is -0.610. The highest BCUT2D eigenvalue weighted by molar-refractivity contribution is 5.71. The Morgan fingerprint density at radius 1 is 1.60 bits per heavy atom. The first-order chi connectivity index (χ1) is 4.33. The molecule has 0 radical (unpaired) electrons. The average molecular weight is 148 g/mol. The quantitative estimate of drug-likeness (QED) is 0.508.